The number of thiazole rings is 1. The number of aromatic nitrogens is 1. The number of nitrogens with one attached hydrogen (secondary N) is 1. The molecule has 1 aromatic heterocycles. The van der Waals surface area contributed by atoms with Crippen molar-refractivity contribution in [3.63, 3.8) is 0 Å². The molecule has 3 aliphatic rings. The number of halogens is 2. The smallest absolute Gasteiger partial charge is 0.273 e. The molecule has 162 valence electrons. The molecule has 32 heavy (non-hydrogen) atoms. The number of ether oxygens (including phenoxy) is 1. The van der Waals surface area contributed by atoms with Crippen LogP contribution >= 0.6 is 34.5 Å². The molecule has 0 spiro atoms. The van der Waals surface area contributed by atoms with Gasteiger partial charge < -0.3 is 10.1 Å². The number of nitrogens with zero attached hydrogens (tertiary/aromatic N) is 2. The fourth-order valence-electron chi connectivity index (χ4n) is 4.82. The average molecular weight is 486 g/mol. The van der Waals surface area contributed by atoms with Crippen molar-refractivity contribution in [3.05, 3.63) is 83.3 Å². The highest BCUT2D eigenvalue weighted by molar-refractivity contribution is 7.07. The summed E-state index contributed by atoms with van der Waals surface area (Å²) in [7, 11) is 0. The molecule has 0 bridgehead atoms. The number of fused-ring (bicyclic) bond motifs is 4. The topological polar surface area (TPSA) is 72.7 Å². The van der Waals surface area contributed by atoms with Gasteiger partial charge in [0.1, 0.15) is 10.8 Å². The van der Waals surface area contributed by atoms with Gasteiger partial charge in [0, 0.05) is 33.8 Å². The van der Waals surface area contributed by atoms with E-state index in [-0.39, 0.29) is 23.4 Å². The van der Waals surface area contributed by atoms with Gasteiger partial charge in [-0.15, -0.1) is 0 Å². The van der Waals surface area contributed by atoms with Crippen molar-refractivity contribution < 1.29 is 9.53 Å². The number of hydrogen-bond donors (Lipinski definition) is 1. The van der Waals surface area contributed by atoms with Crippen molar-refractivity contribution in [2.45, 2.75) is 25.1 Å². The minimum Gasteiger partial charge on any atom is -0.357 e. The second kappa shape index (κ2) is 7.56. The van der Waals surface area contributed by atoms with Crippen LogP contribution in [0.2, 0.25) is 10.0 Å². The van der Waals surface area contributed by atoms with Gasteiger partial charge in [-0.2, -0.15) is 0 Å². The maximum Gasteiger partial charge on any atom is 0.273 e. The van der Waals surface area contributed by atoms with E-state index in [0.717, 1.165) is 24.0 Å². The van der Waals surface area contributed by atoms with Crippen LogP contribution in [0.1, 0.15) is 36.2 Å². The second-order valence-corrected chi connectivity index (χ2v) is 9.89. The largest absolute Gasteiger partial charge is 0.357 e. The molecule has 6 rings (SSSR count). The Balaban J connectivity index is 1.62. The van der Waals surface area contributed by atoms with Crippen LogP contribution in [0.3, 0.4) is 0 Å². The van der Waals surface area contributed by atoms with E-state index in [1.807, 2.05) is 30.3 Å². The highest BCUT2D eigenvalue weighted by Crippen LogP contribution is 2.44. The first kappa shape index (κ1) is 20.2. The number of carbonyl (C=O) groups is 1. The Morgan fingerprint density at radius 1 is 1.16 bits per heavy atom. The van der Waals surface area contributed by atoms with E-state index >= 15 is 0 Å². The summed E-state index contributed by atoms with van der Waals surface area (Å²) in [4.78, 5) is 31.8. The molecule has 3 aliphatic heterocycles. The standard InChI is InChI=1S/C23H17Cl2N3O3S/c24-11-7-8-12(15(25)10-11)18-14-5-3-9-31-22(14)28-21(30)19(32-23(28)27-18)17-13-4-1-2-6-16(13)26-20(17)29/h1-2,4,6-8,10,14,18,22H,3,5,9H2,(H,26,29)/b19-17-. The zero-order chi connectivity index (χ0) is 22.0. The molecule has 1 N–H and O–H groups in total. The molecular formula is C23H17Cl2N3O3S. The average Bonchev–Trinajstić information content (AvgIpc) is 3.29. The number of rotatable bonds is 1. The second-order valence-electron chi connectivity index (χ2n) is 8.07. The number of carbonyl (C=O) groups excluding carboxylic acids is 1. The molecule has 3 atom stereocenters. The molecule has 0 aliphatic carbocycles. The normalized spacial score (nSPS) is 25.4. The minimum absolute atomic E-state index is 0.0373. The van der Waals surface area contributed by atoms with Crippen molar-refractivity contribution in [1.82, 2.24) is 4.57 Å². The highest BCUT2D eigenvalue weighted by Gasteiger charge is 2.41. The van der Waals surface area contributed by atoms with Gasteiger partial charge >= 0.3 is 0 Å². The molecule has 4 heterocycles. The van der Waals surface area contributed by atoms with Gasteiger partial charge in [0.15, 0.2) is 4.80 Å². The van der Waals surface area contributed by atoms with E-state index in [0.29, 0.717) is 37.2 Å². The van der Waals surface area contributed by atoms with Gasteiger partial charge in [0.25, 0.3) is 11.5 Å². The Morgan fingerprint density at radius 2 is 2.00 bits per heavy atom. The summed E-state index contributed by atoms with van der Waals surface area (Å²) >= 11 is 13.9. The monoisotopic (exact) mass is 485 g/mol. The maximum atomic E-state index is 13.6. The third kappa shape index (κ3) is 2.99. The first-order valence-electron chi connectivity index (χ1n) is 10.3. The van der Waals surface area contributed by atoms with Crippen LogP contribution in [0.25, 0.3) is 5.57 Å². The summed E-state index contributed by atoms with van der Waals surface area (Å²) in [6.07, 6.45) is 1.28. The van der Waals surface area contributed by atoms with Crippen LogP contribution in [0.15, 0.2) is 52.3 Å². The molecule has 2 aromatic carbocycles. The molecule has 1 fully saturated rings. The van der Waals surface area contributed by atoms with Gasteiger partial charge in [-0.25, -0.2) is 4.99 Å². The van der Waals surface area contributed by atoms with Crippen LogP contribution < -0.4 is 20.2 Å². The van der Waals surface area contributed by atoms with Crippen molar-refractivity contribution in [3.8, 4) is 0 Å². The number of hydrogen-bond acceptors (Lipinski definition) is 5. The number of amides is 1. The van der Waals surface area contributed by atoms with E-state index in [1.54, 1.807) is 16.7 Å². The lowest BCUT2D eigenvalue weighted by Crippen LogP contribution is -2.45. The van der Waals surface area contributed by atoms with Crippen LogP contribution in [-0.2, 0) is 9.53 Å². The van der Waals surface area contributed by atoms with E-state index in [9.17, 15) is 9.59 Å². The lowest BCUT2D eigenvalue weighted by molar-refractivity contribution is -0.110. The lowest BCUT2D eigenvalue weighted by atomic mass is 9.86. The molecule has 1 amide bonds. The van der Waals surface area contributed by atoms with Crippen LogP contribution in [-0.4, -0.2) is 17.1 Å². The number of anilines is 1. The van der Waals surface area contributed by atoms with Gasteiger partial charge in [0.2, 0.25) is 0 Å². The van der Waals surface area contributed by atoms with E-state index < -0.39 is 6.23 Å². The van der Waals surface area contributed by atoms with Crippen molar-refractivity contribution in [2.24, 2.45) is 10.9 Å². The summed E-state index contributed by atoms with van der Waals surface area (Å²) in [5.41, 5.74) is 2.45. The Morgan fingerprint density at radius 3 is 2.84 bits per heavy atom. The summed E-state index contributed by atoms with van der Waals surface area (Å²) in [5.74, 6) is -0.314. The van der Waals surface area contributed by atoms with Crippen molar-refractivity contribution >= 4 is 51.7 Å². The van der Waals surface area contributed by atoms with Gasteiger partial charge in [-0.05, 0) is 36.6 Å². The van der Waals surface area contributed by atoms with Gasteiger partial charge in [0.05, 0.1) is 11.6 Å². The quantitative estimate of drug-likeness (QED) is 0.571. The SMILES string of the molecule is O=C1Nc2ccccc2/C1=c1/sc2n(c1=O)C1OCCCC1C(c1ccc(Cl)cc1Cl)N=2. The predicted molar refractivity (Wildman–Crippen MR) is 124 cm³/mol. The van der Waals surface area contributed by atoms with Crippen LogP contribution in [0, 0.1) is 5.92 Å². The molecule has 9 heteroatoms. The highest BCUT2D eigenvalue weighted by atomic mass is 35.5. The first-order valence-corrected chi connectivity index (χ1v) is 11.9. The number of para-hydroxylation sites is 1. The summed E-state index contributed by atoms with van der Waals surface area (Å²) in [6, 6.07) is 12.5. The van der Waals surface area contributed by atoms with Crippen LogP contribution in [0.4, 0.5) is 5.69 Å². The number of benzene rings is 2. The molecule has 3 unspecified atom stereocenters. The van der Waals surface area contributed by atoms with E-state index in [1.165, 1.54) is 11.3 Å². The Hall–Kier alpha value is -2.45. The van der Waals surface area contributed by atoms with Gasteiger partial charge in [-0.3, -0.25) is 14.2 Å². The molecule has 0 saturated carbocycles. The molecule has 0 radical (unpaired) electrons. The van der Waals surface area contributed by atoms with Crippen LogP contribution in [0.5, 0.6) is 0 Å². The van der Waals surface area contributed by atoms with Crippen molar-refractivity contribution in [1.29, 1.82) is 0 Å². The van der Waals surface area contributed by atoms with Crippen molar-refractivity contribution in [2.75, 3.05) is 11.9 Å². The fourth-order valence-corrected chi connectivity index (χ4v) is 6.46. The van der Waals surface area contributed by atoms with E-state index in [2.05, 4.69) is 5.32 Å². The molecule has 6 nitrogen and oxygen atoms in total. The molecule has 3 aromatic rings. The third-order valence-electron chi connectivity index (χ3n) is 6.24. The minimum atomic E-state index is -0.453. The Kier molecular flexibility index (Phi) is 4.76. The Labute approximate surface area is 196 Å². The zero-order valence-electron chi connectivity index (χ0n) is 16.7. The van der Waals surface area contributed by atoms with Gasteiger partial charge in [-0.1, -0.05) is 58.8 Å². The molecule has 1 saturated heterocycles. The third-order valence-corrected chi connectivity index (χ3v) is 7.87. The van der Waals surface area contributed by atoms with E-state index in [4.69, 9.17) is 32.9 Å². The molecular weight excluding hydrogens is 469 g/mol. The first-order chi connectivity index (χ1) is 15.5. The summed E-state index contributed by atoms with van der Waals surface area (Å²) in [5, 5.41) is 3.95. The maximum absolute atomic E-state index is 13.6. The zero-order valence-corrected chi connectivity index (χ0v) is 19.0. The summed E-state index contributed by atoms with van der Waals surface area (Å²) in [6.45, 7) is 0.569. The fraction of sp³-hybridized carbons (Fsp3) is 0.261. The Bertz CT molecular complexity index is 1460. The lowest BCUT2D eigenvalue weighted by Gasteiger charge is -2.38. The summed E-state index contributed by atoms with van der Waals surface area (Å²) < 4.78 is 8.10. The predicted octanol–water partition coefficient (Wildman–Crippen LogP) is 3.67.